The van der Waals surface area contributed by atoms with Gasteiger partial charge in [-0.2, -0.15) is 0 Å². The minimum absolute atomic E-state index is 0.164. The molecular formula is C17H24O2. The van der Waals surface area contributed by atoms with Gasteiger partial charge in [0.15, 0.2) is 0 Å². The van der Waals surface area contributed by atoms with Crippen LogP contribution in [-0.4, -0.2) is 17.3 Å². The normalized spacial score (nSPS) is 13.7. The summed E-state index contributed by atoms with van der Waals surface area (Å²) < 4.78 is 5.84. The molecule has 0 aliphatic carbocycles. The van der Waals surface area contributed by atoms with E-state index in [0.717, 1.165) is 31.2 Å². The molecule has 0 saturated carbocycles. The molecule has 1 rings (SSSR count). The van der Waals surface area contributed by atoms with Gasteiger partial charge in [0, 0.05) is 6.42 Å². The molecule has 0 radical (unpaired) electrons. The Balaban J connectivity index is 2.46. The second-order valence-electron chi connectivity index (χ2n) is 4.81. The number of aliphatic hydroxyl groups excluding tert-OH is 1. The molecule has 0 fully saturated rings. The first-order valence-electron chi connectivity index (χ1n) is 7.05. The Morgan fingerprint density at radius 1 is 1.26 bits per heavy atom. The average Bonchev–Trinajstić information content (AvgIpc) is 2.44. The van der Waals surface area contributed by atoms with Crippen molar-refractivity contribution in [3.63, 3.8) is 0 Å². The maximum atomic E-state index is 10.0. The zero-order chi connectivity index (χ0) is 13.9. The van der Waals surface area contributed by atoms with Crippen molar-refractivity contribution in [1.29, 1.82) is 0 Å². The standard InChI is InChI=1S/C17H24O2/c1-3-5-7-13-17(16(18)10-4-2)19-14-15-11-8-6-9-12-15/h2,6,8-9,11-12,16-18H,3,5,7,10,13-14H2,1H3/t16-,17-/m1/s1. The summed E-state index contributed by atoms with van der Waals surface area (Å²) in [6, 6.07) is 10.0. The first kappa shape index (κ1) is 15.8. The van der Waals surface area contributed by atoms with Gasteiger partial charge in [-0.3, -0.25) is 0 Å². The highest BCUT2D eigenvalue weighted by molar-refractivity contribution is 5.13. The van der Waals surface area contributed by atoms with E-state index in [1.165, 1.54) is 0 Å². The van der Waals surface area contributed by atoms with Crippen LogP contribution < -0.4 is 0 Å². The largest absolute Gasteiger partial charge is 0.389 e. The lowest BCUT2D eigenvalue weighted by molar-refractivity contribution is -0.0484. The van der Waals surface area contributed by atoms with E-state index in [4.69, 9.17) is 11.2 Å². The van der Waals surface area contributed by atoms with Gasteiger partial charge in [0.2, 0.25) is 0 Å². The molecule has 0 aromatic heterocycles. The fourth-order valence-corrected chi connectivity index (χ4v) is 2.01. The average molecular weight is 260 g/mol. The number of ether oxygens (including phenoxy) is 1. The molecular weight excluding hydrogens is 236 g/mol. The van der Waals surface area contributed by atoms with Crippen molar-refractivity contribution < 1.29 is 9.84 Å². The van der Waals surface area contributed by atoms with E-state index >= 15 is 0 Å². The summed E-state index contributed by atoms with van der Waals surface area (Å²) in [5.41, 5.74) is 1.12. The van der Waals surface area contributed by atoms with Crippen LogP contribution in [0.4, 0.5) is 0 Å². The molecule has 0 heterocycles. The van der Waals surface area contributed by atoms with E-state index in [2.05, 4.69) is 12.8 Å². The van der Waals surface area contributed by atoms with Crippen molar-refractivity contribution in [3.8, 4) is 12.3 Å². The van der Waals surface area contributed by atoms with Crippen LogP contribution >= 0.6 is 0 Å². The third kappa shape index (κ3) is 6.42. The number of terminal acetylenes is 1. The molecule has 0 unspecified atom stereocenters. The fourth-order valence-electron chi connectivity index (χ4n) is 2.01. The highest BCUT2D eigenvalue weighted by Gasteiger charge is 2.18. The lowest BCUT2D eigenvalue weighted by Crippen LogP contribution is -2.28. The summed E-state index contributed by atoms with van der Waals surface area (Å²) in [6.45, 7) is 2.69. The summed E-state index contributed by atoms with van der Waals surface area (Å²) >= 11 is 0. The van der Waals surface area contributed by atoms with Crippen molar-refractivity contribution >= 4 is 0 Å². The molecule has 0 spiro atoms. The van der Waals surface area contributed by atoms with Crippen molar-refractivity contribution in [2.75, 3.05) is 0 Å². The number of rotatable bonds is 9. The van der Waals surface area contributed by atoms with Crippen molar-refractivity contribution in [1.82, 2.24) is 0 Å². The predicted octanol–water partition coefficient (Wildman–Crippen LogP) is 3.54. The first-order valence-corrected chi connectivity index (χ1v) is 7.05. The van der Waals surface area contributed by atoms with E-state index in [9.17, 15) is 5.11 Å². The monoisotopic (exact) mass is 260 g/mol. The minimum Gasteiger partial charge on any atom is -0.389 e. The Kier molecular flexibility index (Phi) is 7.97. The van der Waals surface area contributed by atoms with E-state index < -0.39 is 6.10 Å². The predicted molar refractivity (Wildman–Crippen MR) is 78.6 cm³/mol. The van der Waals surface area contributed by atoms with Crippen LogP contribution in [0.1, 0.15) is 44.6 Å². The Morgan fingerprint density at radius 3 is 2.63 bits per heavy atom. The van der Waals surface area contributed by atoms with E-state index in [-0.39, 0.29) is 6.10 Å². The summed E-state index contributed by atoms with van der Waals surface area (Å²) in [5, 5.41) is 10.0. The Morgan fingerprint density at radius 2 is 2.00 bits per heavy atom. The van der Waals surface area contributed by atoms with Gasteiger partial charge < -0.3 is 9.84 Å². The topological polar surface area (TPSA) is 29.5 Å². The lowest BCUT2D eigenvalue weighted by atomic mass is 10.0. The minimum atomic E-state index is -0.564. The van der Waals surface area contributed by atoms with Gasteiger partial charge in [-0.05, 0) is 12.0 Å². The number of benzene rings is 1. The van der Waals surface area contributed by atoms with Crippen LogP contribution in [0.2, 0.25) is 0 Å². The molecule has 1 aromatic rings. The maximum absolute atomic E-state index is 10.0. The molecule has 104 valence electrons. The second-order valence-corrected chi connectivity index (χ2v) is 4.81. The molecule has 1 aromatic carbocycles. The van der Waals surface area contributed by atoms with Gasteiger partial charge in [-0.1, -0.05) is 56.5 Å². The van der Waals surface area contributed by atoms with E-state index in [1.807, 2.05) is 30.3 Å². The third-order valence-electron chi connectivity index (χ3n) is 3.16. The van der Waals surface area contributed by atoms with Crippen LogP contribution in [-0.2, 0) is 11.3 Å². The van der Waals surface area contributed by atoms with Crippen LogP contribution in [0.25, 0.3) is 0 Å². The summed E-state index contributed by atoms with van der Waals surface area (Å²) in [7, 11) is 0. The quantitative estimate of drug-likeness (QED) is 0.543. The number of aliphatic hydroxyl groups is 1. The molecule has 0 aliphatic rings. The highest BCUT2D eigenvalue weighted by Crippen LogP contribution is 2.15. The zero-order valence-electron chi connectivity index (χ0n) is 11.7. The van der Waals surface area contributed by atoms with Crippen LogP contribution in [0.3, 0.4) is 0 Å². The maximum Gasteiger partial charge on any atom is 0.0910 e. The van der Waals surface area contributed by atoms with E-state index in [1.54, 1.807) is 0 Å². The molecule has 0 aliphatic heterocycles. The number of unbranched alkanes of at least 4 members (excludes halogenated alkanes) is 2. The Labute approximate surface area is 116 Å². The zero-order valence-corrected chi connectivity index (χ0v) is 11.7. The second kappa shape index (κ2) is 9.61. The summed E-state index contributed by atoms with van der Waals surface area (Å²) in [6.07, 6.45) is 9.14. The molecule has 0 saturated heterocycles. The van der Waals surface area contributed by atoms with Crippen molar-refractivity contribution in [2.24, 2.45) is 0 Å². The van der Waals surface area contributed by atoms with Crippen LogP contribution in [0.15, 0.2) is 30.3 Å². The van der Waals surface area contributed by atoms with Gasteiger partial charge in [0.05, 0.1) is 18.8 Å². The molecule has 2 heteroatoms. The van der Waals surface area contributed by atoms with Gasteiger partial charge in [0.1, 0.15) is 0 Å². The van der Waals surface area contributed by atoms with Crippen molar-refractivity contribution in [3.05, 3.63) is 35.9 Å². The molecule has 19 heavy (non-hydrogen) atoms. The smallest absolute Gasteiger partial charge is 0.0910 e. The van der Waals surface area contributed by atoms with Gasteiger partial charge in [-0.25, -0.2) is 0 Å². The molecule has 2 atom stereocenters. The summed E-state index contributed by atoms with van der Waals surface area (Å²) in [4.78, 5) is 0. The van der Waals surface area contributed by atoms with Crippen LogP contribution in [0.5, 0.6) is 0 Å². The van der Waals surface area contributed by atoms with Crippen LogP contribution in [0, 0.1) is 12.3 Å². The molecule has 0 bridgehead atoms. The van der Waals surface area contributed by atoms with Gasteiger partial charge in [-0.15, -0.1) is 12.3 Å². The van der Waals surface area contributed by atoms with Crippen molar-refractivity contribution in [2.45, 2.75) is 57.8 Å². The number of hydrogen-bond donors (Lipinski definition) is 1. The molecule has 0 amide bonds. The Hall–Kier alpha value is -1.30. The summed E-state index contributed by atoms with van der Waals surface area (Å²) in [5.74, 6) is 2.51. The molecule has 2 nitrogen and oxygen atoms in total. The lowest BCUT2D eigenvalue weighted by Gasteiger charge is -2.22. The third-order valence-corrected chi connectivity index (χ3v) is 3.16. The number of hydrogen-bond acceptors (Lipinski definition) is 2. The van der Waals surface area contributed by atoms with E-state index in [0.29, 0.717) is 13.0 Å². The van der Waals surface area contributed by atoms with Gasteiger partial charge >= 0.3 is 0 Å². The molecule has 1 N–H and O–H groups in total. The first-order chi connectivity index (χ1) is 9.27. The van der Waals surface area contributed by atoms with Gasteiger partial charge in [0.25, 0.3) is 0 Å². The SMILES string of the molecule is C#CC[C@@H](O)[C@@H](CCCCC)OCc1ccccc1. The highest BCUT2D eigenvalue weighted by atomic mass is 16.5. The fraction of sp³-hybridized carbons (Fsp3) is 0.529. The Bertz CT molecular complexity index is 367.